The van der Waals surface area contributed by atoms with E-state index in [1.54, 1.807) is 0 Å². The molecule has 0 saturated carbocycles. The molecule has 0 bridgehead atoms. The van der Waals surface area contributed by atoms with E-state index in [-0.39, 0.29) is 17.9 Å². The summed E-state index contributed by atoms with van der Waals surface area (Å²) in [5.74, 6) is -0.215. The van der Waals surface area contributed by atoms with E-state index in [1.165, 1.54) is 6.42 Å². The number of para-hydroxylation sites is 1. The van der Waals surface area contributed by atoms with Crippen molar-refractivity contribution < 1.29 is 4.79 Å². The summed E-state index contributed by atoms with van der Waals surface area (Å²) in [6.45, 7) is 3.83. The largest absolute Gasteiger partial charge is 0.284 e. The lowest BCUT2D eigenvalue weighted by Crippen LogP contribution is -2.48. The molecule has 1 N–H and O–H groups in total. The van der Waals surface area contributed by atoms with Gasteiger partial charge in [0.05, 0.1) is 16.8 Å². The van der Waals surface area contributed by atoms with Crippen LogP contribution in [0.1, 0.15) is 37.8 Å². The number of amides is 1. The summed E-state index contributed by atoms with van der Waals surface area (Å²) in [6.07, 6.45) is 3.43. The van der Waals surface area contributed by atoms with Crippen LogP contribution < -0.4 is 10.4 Å². The van der Waals surface area contributed by atoms with E-state index >= 15 is 0 Å². The molecule has 4 rings (SSSR count). The van der Waals surface area contributed by atoms with Gasteiger partial charge in [-0.3, -0.25) is 15.2 Å². The number of nitrogens with one attached hydrogen (secondary N) is 1. The van der Waals surface area contributed by atoms with Crippen molar-refractivity contribution in [3.05, 3.63) is 63.6 Å². The lowest BCUT2D eigenvalue weighted by molar-refractivity contribution is -0.120. The van der Waals surface area contributed by atoms with E-state index in [2.05, 4.69) is 40.4 Å². The monoisotopic (exact) mass is 474 g/mol. The second-order valence-corrected chi connectivity index (χ2v) is 8.88. The molecule has 5 nitrogen and oxygen atoms in total. The number of nitrogens with zero attached hydrogens (tertiary/aromatic N) is 3. The van der Waals surface area contributed by atoms with E-state index < -0.39 is 0 Å². The van der Waals surface area contributed by atoms with Gasteiger partial charge in [-0.05, 0) is 42.7 Å². The maximum absolute atomic E-state index is 13.1. The predicted octanol–water partition coefficient (Wildman–Crippen LogP) is 5.17. The molecule has 2 aromatic carbocycles. The van der Waals surface area contributed by atoms with Gasteiger partial charge in [0, 0.05) is 23.5 Å². The highest BCUT2D eigenvalue weighted by Crippen LogP contribution is 2.41. The average molecular weight is 476 g/mol. The van der Waals surface area contributed by atoms with E-state index in [9.17, 15) is 4.79 Å². The molecule has 29 heavy (non-hydrogen) atoms. The second-order valence-electron chi connectivity index (χ2n) is 7.55. The summed E-state index contributed by atoms with van der Waals surface area (Å²) in [4.78, 5) is 13.1. The molecule has 2 unspecified atom stereocenters. The molecule has 1 fully saturated rings. The molecule has 152 valence electrons. The Bertz CT molecular complexity index is 911. The van der Waals surface area contributed by atoms with Crippen LogP contribution in [0.5, 0.6) is 0 Å². The molecule has 1 amide bonds. The van der Waals surface area contributed by atoms with Crippen molar-refractivity contribution in [2.75, 3.05) is 18.1 Å². The minimum Gasteiger partial charge on any atom is -0.284 e. The van der Waals surface area contributed by atoms with Crippen LogP contribution in [0.25, 0.3) is 0 Å². The van der Waals surface area contributed by atoms with Crippen LogP contribution in [0.3, 0.4) is 0 Å². The van der Waals surface area contributed by atoms with E-state index in [4.69, 9.17) is 16.7 Å². The molecule has 0 aliphatic carbocycles. The van der Waals surface area contributed by atoms with Crippen molar-refractivity contribution in [2.24, 2.45) is 11.0 Å². The third kappa shape index (κ3) is 4.34. The Morgan fingerprint density at radius 3 is 2.48 bits per heavy atom. The molecule has 0 spiro atoms. The fourth-order valence-corrected chi connectivity index (χ4v) is 4.51. The van der Waals surface area contributed by atoms with Crippen LogP contribution in [-0.2, 0) is 4.79 Å². The van der Waals surface area contributed by atoms with Crippen molar-refractivity contribution in [2.45, 2.75) is 32.2 Å². The van der Waals surface area contributed by atoms with Crippen LogP contribution >= 0.6 is 27.5 Å². The zero-order chi connectivity index (χ0) is 20.4. The molecule has 0 radical (unpaired) electrons. The molecule has 2 aromatic rings. The first-order valence-electron chi connectivity index (χ1n) is 9.98. The second kappa shape index (κ2) is 8.86. The number of carbonyl (C=O) groups is 1. The fraction of sp³-hybridized carbons (Fsp3) is 0.364. The van der Waals surface area contributed by atoms with Gasteiger partial charge in [0.15, 0.2) is 0 Å². The zero-order valence-electron chi connectivity index (χ0n) is 16.3. The van der Waals surface area contributed by atoms with Gasteiger partial charge in [0.25, 0.3) is 5.91 Å². The molecular formula is C22H24BrClN4O. The Labute approximate surface area is 184 Å². The number of anilines is 1. The number of hydrogen-bond donors (Lipinski definition) is 1. The summed E-state index contributed by atoms with van der Waals surface area (Å²) in [5, 5.41) is 9.27. The molecule has 7 heteroatoms. The van der Waals surface area contributed by atoms with Gasteiger partial charge in [-0.2, -0.15) is 5.10 Å². The highest BCUT2D eigenvalue weighted by Gasteiger charge is 2.40. The maximum atomic E-state index is 13.1. The third-order valence-electron chi connectivity index (χ3n) is 5.54. The van der Waals surface area contributed by atoms with Crippen molar-refractivity contribution in [3.63, 3.8) is 0 Å². The fourth-order valence-electron chi connectivity index (χ4n) is 4.02. The number of hydrazine groups is 1. The van der Waals surface area contributed by atoms with Gasteiger partial charge in [0.1, 0.15) is 5.71 Å². The smallest absolute Gasteiger partial charge is 0.282 e. The number of carbonyl (C=O) groups excluding carboxylic acids is 1. The SMILES string of the molecule is CC1C(C(=O)NN2CCCCC2)=NN(c2ccccc2Cl)C1c1ccc(Br)cc1. The van der Waals surface area contributed by atoms with Crippen molar-refractivity contribution in [3.8, 4) is 0 Å². The van der Waals surface area contributed by atoms with Crippen LogP contribution in [0.2, 0.25) is 5.02 Å². The lowest BCUT2D eigenvalue weighted by atomic mass is 9.91. The minimum atomic E-state index is -0.129. The Hall–Kier alpha value is -1.89. The first kappa shape index (κ1) is 20.4. The van der Waals surface area contributed by atoms with Crippen molar-refractivity contribution >= 4 is 44.8 Å². The average Bonchev–Trinajstić information content (AvgIpc) is 3.07. The molecule has 2 aliphatic rings. The van der Waals surface area contributed by atoms with Gasteiger partial charge >= 0.3 is 0 Å². The lowest BCUT2D eigenvalue weighted by Gasteiger charge is -2.28. The number of piperidine rings is 1. The van der Waals surface area contributed by atoms with Crippen LogP contribution in [0.4, 0.5) is 5.69 Å². The van der Waals surface area contributed by atoms with Gasteiger partial charge < -0.3 is 0 Å². The first-order valence-corrected chi connectivity index (χ1v) is 11.2. The quantitative estimate of drug-likeness (QED) is 0.663. The first-order chi connectivity index (χ1) is 14.0. The zero-order valence-corrected chi connectivity index (χ0v) is 18.7. The number of hydrazone groups is 1. The highest BCUT2D eigenvalue weighted by molar-refractivity contribution is 9.10. The number of hydrogen-bond acceptors (Lipinski definition) is 4. The van der Waals surface area contributed by atoms with Crippen LogP contribution in [0, 0.1) is 5.92 Å². The number of benzene rings is 2. The van der Waals surface area contributed by atoms with Crippen molar-refractivity contribution in [1.82, 2.24) is 10.4 Å². The maximum Gasteiger partial charge on any atom is 0.282 e. The Balaban J connectivity index is 1.66. The Morgan fingerprint density at radius 1 is 1.10 bits per heavy atom. The summed E-state index contributed by atoms with van der Waals surface area (Å²) >= 11 is 9.98. The van der Waals surface area contributed by atoms with Gasteiger partial charge in [0.2, 0.25) is 0 Å². The van der Waals surface area contributed by atoms with Crippen molar-refractivity contribution in [1.29, 1.82) is 0 Å². The molecule has 2 atom stereocenters. The topological polar surface area (TPSA) is 47.9 Å². The molecular weight excluding hydrogens is 452 g/mol. The predicted molar refractivity (Wildman–Crippen MR) is 121 cm³/mol. The van der Waals surface area contributed by atoms with Gasteiger partial charge in [-0.1, -0.05) is 65.1 Å². The van der Waals surface area contributed by atoms with Gasteiger partial charge in [-0.15, -0.1) is 0 Å². The summed E-state index contributed by atoms with van der Waals surface area (Å²) in [6, 6.07) is 15.7. The third-order valence-corrected chi connectivity index (χ3v) is 6.39. The standard InChI is InChI=1S/C22H24BrClN4O/c1-15-20(22(29)26-27-13-5-2-6-14-27)25-28(19-8-4-3-7-18(19)24)21(15)16-9-11-17(23)12-10-16/h3-4,7-12,15,21H,2,5-6,13-14H2,1H3,(H,26,29). The molecule has 2 aliphatic heterocycles. The van der Waals surface area contributed by atoms with E-state index in [0.29, 0.717) is 10.7 Å². The molecule has 2 heterocycles. The highest BCUT2D eigenvalue weighted by atomic mass is 79.9. The molecule has 1 saturated heterocycles. The summed E-state index contributed by atoms with van der Waals surface area (Å²) in [7, 11) is 0. The van der Waals surface area contributed by atoms with E-state index in [0.717, 1.165) is 41.7 Å². The Kier molecular flexibility index (Phi) is 6.23. The van der Waals surface area contributed by atoms with Gasteiger partial charge in [-0.25, -0.2) is 5.01 Å². The van der Waals surface area contributed by atoms with Crippen LogP contribution in [0.15, 0.2) is 58.1 Å². The summed E-state index contributed by atoms with van der Waals surface area (Å²) < 4.78 is 1.01. The number of rotatable bonds is 4. The number of halogens is 2. The van der Waals surface area contributed by atoms with Crippen LogP contribution in [-0.4, -0.2) is 29.7 Å². The molecule has 0 aromatic heterocycles. The van der Waals surface area contributed by atoms with E-state index in [1.807, 2.05) is 46.4 Å². The Morgan fingerprint density at radius 2 is 1.79 bits per heavy atom. The summed E-state index contributed by atoms with van der Waals surface area (Å²) in [5.41, 5.74) is 5.48. The minimum absolute atomic E-state index is 0.0859. The normalized spacial score (nSPS) is 22.4.